The Labute approximate surface area is 138 Å². The van der Waals surface area contributed by atoms with Crippen LogP contribution in [-0.4, -0.2) is 6.04 Å². The van der Waals surface area contributed by atoms with E-state index in [0.29, 0.717) is 10.8 Å². The molecule has 0 aliphatic heterocycles. The third-order valence-corrected chi connectivity index (χ3v) is 4.38. The molecule has 0 saturated heterocycles. The summed E-state index contributed by atoms with van der Waals surface area (Å²) in [6.07, 6.45) is 2.62. The van der Waals surface area contributed by atoms with Gasteiger partial charge in [0.15, 0.2) is 0 Å². The van der Waals surface area contributed by atoms with Crippen LogP contribution in [0.4, 0.5) is 0 Å². The van der Waals surface area contributed by atoms with Crippen molar-refractivity contribution in [2.45, 2.75) is 32.4 Å². The van der Waals surface area contributed by atoms with Crippen molar-refractivity contribution in [3.63, 3.8) is 0 Å². The lowest BCUT2D eigenvalue weighted by atomic mass is 10.1. The first kappa shape index (κ1) is 14.9. The van der Waals surface area contributed by atoms with Gasteiger partial charge in [-0.2, -0.15) is 0 Å². The highest BCUT2D eigenvalue weighted by molar-refractivity contribution is 9.10. The molecule has 0 unspecified atom stereocenters. The number of benzene rings is 2. The zero-order valence-electron chi connectivity index (χ0n) is 11.8. The van der Waals surface area contributed by atoms with Gasteiger partial charge >= 0.3 is 0 Å². The van der Waals surface area contributed by atoms with E-state index in [2.05, 4.69) is 40.3 Å². The molecule has 110 valence electrons. The molecule has 0 heterocycles. The summed E-state index contributed by atoms with van der Waals surface area (Å²) in [5, 5.41) is 4.13. The smallest absolute Gasteiger partial charge is 0.146 e. The molecule has 2 aromatic rings. The number of hydrogen-bond donors (Lipinski definition) is 1. The van der Waals surface area contributed by atoms with E-state index < -0.39 is 0 Å². The first-order chi connectivity index (χ1) is 10.1. The number of halogens is 2. The Morgan fingerprint density at radius 1 is 1.24 bits per heavy atom. The fourth-order valence-electron chi connectivity index (χ4n) is 2.16. The van der Waals surface area contributed by atoms with Crippen LogP contribution in [0.1, 0.15) is 24.0 Å². The Hall–Kier alpha value is -1.03. The average Bonchev–Trinajstić information content (AvgIpc) is 3.25. The zero-order chi connectivity index (χ0) is 14.8. The van der Waals surface area contributed by atoms with Gasteiger partial charge in [0, 0.05) is 17.1 Å². The van der Waals surface area contributed by atoms with Crippen LogP contribution in [0.25, 0.3) is 0 Å². The number of hydrogen-bond acceptors (Lipinski definition) is 2. The van der Waals surface area contributed by atoms with Gasteiger partial charge in [-0.05, 0) is 61.2 Å². The van der Waals surface area contributed by atoms with Gasteiger partial charge in [0.2, 0.25) is 0 Å². The predicted octanol–water partition coefficient (Wildman–Crippen LogP) is 5.46. The van der Waals surface area contributed by atoms with Gasteiger partial charge in [-0.1, -0.05) is 33.6 Å². The molecular weight excluding hydrogens is 350 g/mol. The Bertz CT molecular complexity index is 655. The Balaban J connectivity index is 1.71. The Kier molecular flexibility index (Phi) is 4.53. The summed E-state index contributed by atoms with van der Waals surface area (Å²) in [5.74, 6) is 1.48. The van der Waals surface area contributed by atoms with E-state index in [0.717, 1.165) is 22.8 Å². The van der Waals surface area contributed by atoms with Crippen molar-refractivity contribution in [3.05, 3.63) is 57.0 Å². The molecule has 2 nitrogen and oxygen atoms in total. The molecule has 0 aromatic heterocycles. The zero-order valence-corrected chi connectivity index (χ0v) is 14.2. The van der Waals surface area contributed by atoms with Crippen molar-refractivity contribution in [2.24, 2.45) is 0 Å². The molecule has 0 atom stereocenters. The topological polar surface area (TPSA) is 21.3 Å². The van der Waals surface area contributed by atoms with Crippen molar-refractivity contribution in [3.8, 4) is 11.5 Å². The molecule has 0 radical (unpaired) electrons. The maximum Gasteiger partial charge on any atom is 0.146 e. The van der Waals surface area contributed by atoms with Gasteiger partial charge in [0.1, 0.15) is 11.5 Å². The first-order valence-electron chi connectivity index (χ1n) is 7.07. The van der Waals surface area contributed by atoms with Crippen LogP contribution in [0.15, 0.2) is 40.9 Å². The minimum Gasteiger partial charge on any atom is -0.456 e. The molecule has 2 aromatic carbocycles. The normalized spacial score (nSPS) is 14.2. The fourth-order valence-corrected chi connectivity index (χ4v) is 2.87. The van der Waals surface area contributed by atoms with Crippen molar-refractivity contribution in [1.29, 1.82) is 0 Å². The van der Waals surface area contributed by atoms with Gasteiger partial charge in [-0.15, -0.1) is 0 Å². The molecular formula is C17H17BrClNO. The summed E-state index contributed by atoms with van der Waals surface area (Å²) in [6.45, 7) is 3.04. The van der Waals surface area contributed by atoms with Crippen LogP contribution in [0, 0.1) is 6.92 Å². The van der Waals surface area contributed by atoms with E-state index in [4.69, 9.17) is 16.3 Å². The summed E-state index contributed by atoms with van der Waals surface area (Å²) in [6, 6.07) is 12.5. The summed E-state index contributed by atoms with van der Waals surface area (Å²) < 4.78 is 6.81. The predicted molar refractivity (Wildman–Crippen MR) is 90.3 cm³/mol. The van der Waals surface area contributed by atoms with Crippen LogP contribution >= 0.6 is 27.5 Å². The van der Waals surface area contributed by atoms with E-state index in [9.17, 15) is 0 Å². The lowest BCUT2D eigenvalue weighted by molar-refractivity contribution is 0.482. The number of aryl methyl sites for hydroxylation is 1. The van der Waals surface area contributed by atoms with E-state index >= 15 is 0 Å². The molecule has 1 N–H and O–H groups in total. The highest BCUT2D eigenvalue weighted by Gasteiger charge is 2.20. The largest absolute Gasteiger partial charge is 0.456 e. The number of rotatable bonds is 5. The molecule has 0 bridgehead atoms. The van der Waals surface area contributed by atoms with Crippen molar-refractivity contribution in [2.75, 3.05) is 0 Å². The second-order valence-corrected chi connectivity index (χ2v) is 6.74. The van der Waals surface area contributed by atoms with Crippen LogP contribution < -0.4 is 10.1 Å². The maximum atomic E-state index is 6.18. The molecule has 3 rings (SSSR count). The van der Waals surface area contributed by atoms with E-state index in [1.807, 2.05) is 24.3 Å². The summed E-state index contributed by atoms with van der Waals surface area (Å²) in [5.41, 5.74) is 2.55. The minimum absolute atomic E-state index is 0.599. The summed E-state index contributed by atoms with van der Waals surface area (Å²) in [4.78, 5) is 0. The molecule has 1 fully saturated rings. The fraction of sp³-hybridized carbons (Fsp3) is 0.294. The molecule has 1 aliphatic rings. The molecule has 0 amide bonds. The average molecular weight is 367 g/mol. The second kappa shape index (κ2) is 6.39. The monoisotopic (exact) mass is 365 g/mol. The van der Waals surface area contributed by atoms with E-state index in [1.54, 1.807) is 0 Å². The van der Waals surface area contributed by atoms with E-state index in [-0.39, 0.29) is 0 Å². The van der Waals surface area contributed by atoms with Gasteiger partial charge in [0.25, 0.3) is 0 Å². The van der Waals surface area contributed by atoms with Gasteiger partial charge < -0.3 is 10.1 Å². The highest BCUT2D eigenvalue weighted by atomic mass is 79.9. The van der Waals surface area contributed by atoms with Crippen molar-refractivity contribution in [1.82, 2.24) is 5.32 Å². The van der Waals surface area contributed by atoms with Crippen LogP contribution in [0.3, 0.4) is 0 Å². The standard InChI is InChI=1S/C17H17BrClNO/c1-11-8-15(6-2-12(11)10-20-14-4-5-14)21-17-7-3-13(18)9-16(17)19/h2-3,6-9,14,20H,4-5,10H2,1H3. The number of ether oxygens (including phenoxy) is 1. The lowest BCUT2D eigenvalue weighted by Crippen LogP contribution is -2.15. The SMILES string of the molecule is Cc1cc(Oc2ccc(Br)cc2Cl)ccc1CNC1CC1. The molecule has 1 aliphatic carbocycles. The Morgan fingerprint density at radius 2 is 2.05 bits per heavy atom. The summed E-state index contributed by atoms with van der Waals surface area (Å²) >= 11 is 9.57. The highest BCUT2D eigenvalue weighted by Crippen LogP contribution is 2.32. The quantitative estimate of drug-likeness (QED) is 0.759. The van der Waals surface area contributed by atoms with Gasteiger partial charge in [0.05, 0.1) is 5.02 Å². The van der Waals surface area contributed by atoms with Crippen molar-refractivity contribution < 1.29 is 4.74 Å². The molecule has 4 heteroatoms. The second-order valence-electron chi connectivity index (χ2n) is 5.42. The van der Waals surface area contributed by atoms with Crippen LogP contribution in [-0.2, 0) is 6.54 Å². The van der Waals surface area contributed by atoms with Crippen molar-refractivity contribution >= 4 is 27.5 Å². The maximum absolute atomic E-state index is 6.18. The van der Waals surface area contributed by atoms with E-state index in [1.165, 1.54) is 24.0 Å². The molecule has 1 saturated carbocycles. The molecule has 21 heavy (non-hydrogen) atoms. The third kappa shape index (κ3) is 4.00. The summed E-state index contributed by atoms with van der Waals surface area (Å²) in [7, 11) is 0. The van der Waals surface area contributed by atoms with Gasteiger partial charge in [-0.3, -0.25) is 0 Å². The Morgan fingerprint density at radius 3 is 2.71 bits per heavy atom. The first-order valence-corrected chi connectivity index (χ1v) is 8.25. The lowest BCUT2D eigenvalue weighted by Gasteiger charge is -2.11. The molecule has 0 spiro atoms. The van der Waals surface area contributed by atoms with Crippen LogP contribution in [0.5, 0.6) is 11.5 Å². The van der Waals surface area contributed by atoms with Gasteiger partial charge in [-0.25, -0.2) is 0 Å². The van der Waals surface area contributed by atoms with Crippen LogP contribution in [0.2, 0.25) is 5.02 Å². The third-order valence-electron chi connectivity index (χ3n) is 3.59. The number of nitrogens with one attached hydrogen (secondary N) is 1. The minimum atomic E-state index is 0.599.